The van der Waals surface area contributed by atoms with Gasteiger partial charge in [-0.2, -0.15) is 0 Å². The number of halogens is 2. The fourth-order valence-corrected chi connectivity index (χ4v) is 5.39. The van der Waals surface area contributed by atoms with Gasteiger partial charge in [-0.15, -0.1) is 0 Å². The van der Waals surface area contributed by atoms with Crippen LogP contribution in [-0.4, -0.2) is 30.7 Å². The lowest BCUT2D eigenvalue weighted by Gasteiger charge is -2.24. The van der Waals surface area contributed by atoms with Crippen molar-refractivity contribution >= 4 is 44.0 Å². The van der Waals surface area contributed by atoms with Gasteiger partial charge in [0.05, 0.1) is 22.7 Å². The molecule has 3 heterocycles. The van der Waals surface area contributed by atoms with Crippen molar-refractivity contribution < 1.29 is 22.1 Å². The number of pyridine rings is 2. The molecule has 0 saturated carbocycles. The van der Waals surface area contributed by atoms with Crippen molar-refractivity contribution in [1.82, 2.24) is 15.1 Å². The lowest BCUT2D eigenvalue weighted by atomic mass is 10.1. The van der Waals surface area contributed by atoms with E-state index in [-0.39, 0.29) is 38.6 Å². The largest absolute Gasteiger partial charge is 0.479 e. The second kappa shape index (κ2) is 9.10. The summed E-state index contributed by atoms with van der Waals surface area (Å²) in [6.07, 6.45) is 1.21. The van der Waals surface area contributed by atoms with Gasteiger partial charge in [0.15, 0.2) is 5.82 Å². The van der Waals surface area contributed by atoms with Crippen LogP contribution in [0.3, 0.4) is 0 Å². The topological polar surface area (TPSA) is 118 Å². The van der Waals surface area contributed by atoms with Crippen LogP contribution >= 0.6 is 11.6 Å². The van der Waals surface area contributed by atoms with Crippen molar-refractivity contribution in [2.75, 3.05) is 11.4 Å². The Bertz CT molecular complexity index is 1760. The Labute approximate surface area is 208 Å². The van der Waals surface area contributed by atoms with E-state index >= 15 is 0 Å². The zero-order valence-electron chi connectivity index (χ0n) is 18.5. The van der Waals surface area contributed by atoms with Gasteiger partial charge < -0.3 is 14.2 Å². The van der Waals surface area contributed by atoms with Gasteiger partial charge in [-0.3, -0.25) is 4.79 Å². The molecule has 0 radical (unpaired) electrons. The predicted octanol–water partition coefficient (Wildman–Crippen LogP) is 4.91. The monoisotopic (exact) mass is 526 g/mol. The molecule has 0 amide bonds. The number of aromatic nitrogens is 3. The maximum Gasteiger partial charge on any atom is 0.270 e. The number of sulfonamides is 1. The van der Waals surface area contributed by atoms with Crippen LogP contribution < -0.4 is 14.6 Å². The highest BCUT2D eigenvalue weighted by atomic mass is 35.5. The molecule has 12 heteroatoms. The lowest BCUT2D eigenvalue weighted by molar-refractivity contribution is 0.399. The first-order valence-corrected chi connectivity index (χ1v) is 12.2. The van der Waals surface area contributed by atoms with E-state index < -0.39 is 15.8 Å². The summed E-state index contributed by atoms with van der Waals surface area (Å²) in [6, 6.07) is 15.4. The van der Waals surface area contributed by atoms with E-state index in [1.807, 2.05) is 0 Å². The number of fused-ring (bicyclic) bond motifs is 1. The SMILES string of the molecule is COc1nc(-c2cccc(F)c2)c(Cl)cc1N(c1ccon1)S(=O)(=O)c1ccc2[nH]c(=O)ccc2c1. The first kappa shape index (κ1) is 23.5. The van der Waals surface area contributed by atoms with Crippen LogP contribution in [0.4, 0.5) is 15.9 Å². The average Bonchev–Trinajstić information content (AvgIpc) is 3.38. The maximum absolute atomic E-state index is 13.9. The molecule has 0 atom stereocenters. The molecule has 182 valence electrons. The molecule has 0 spiro atoms. The molecular formula is C24H16ClFN4O5S. The van der Waals surface area contributed by atoms with Crippen molar-refractivity contribution in [3.8, 4) is 17.1 Å². The fraction of sp³-hybridized carbons (Fsp3) is 0.0417. The first-order chi connectivity index (χ1) is 17.3. The van der Waals surface area contributed by atoms with Gasteiger partial charge in [0.1, 0.15) is 17.8 Å². The van der Waals surface area contributed by atoms with Crippen molar-refractivity contribution in [2.45, 2.75) is 4.90 Å². The average molecular weight is 527 g/mol. The van der Waals surface area contributed by atoms with Gasteiger partial charge in [0.2, 0.25) is 11.4 Å². The smallest absolute Gasteiger partial charge is 0.270 e. The molecule has 0 aliphatic rings. The highest BCUT2D eigenvalue weighted by Crippen LogP contribution is 2.41. The number of anilines is 2. The number of benzene rings is 2. The molecule has 2 aromatic carbocycles. The summed E-state index contributed by atoms with van der Waals surface area (Å²) >= 11 is 6.50. The van der Waals surface area contributed by atoms with Crippen molar-refractivity contribution in [2.24, 2.45) is 0 Å². The molecule has 0 saturated heterocycles. The normalized spacial score (nSPS) is 11.5. The minimum Gasteiger partial charge on any atom is -0.479 e. The van der Waals surface area contributed by atoms with Crippen LogP contribution in [0.15, 0.2) is 87.2 Å². The Balaban J connectivity index is 1.70. The van der Waals surface area contributed by atoms with E-state index in [2.05, 4.69) is 15.1 Å². The van der Waals surface area contributed by atoms with Crippen LogP contribution in [0.2, 0.25) is 5.02 Å². The number of aromatic amines is 1. The number of methoxy groups -OCH3 is 1. The molecule has 0 bridgehead atoms. The summed E-state index contributed by atoms with van der Waals surface area (Å²) in [5.41, 5.74) is 0.689. The number of rotatable bonds is 6. The molecule has 5 aromatic rings. The summed E-state index contributed by atoms with van der Waals surface area (Å²) in [5, 5.41) is 4.36. The van der Waals surface area contributed by atoms with E-state index in [4.69, 9.17) is 20.9 Å². The van der Waals surface area contributed by atoms with Gasteiger partial charge >= 0.3 is 0 Å². The Kier molecular flexibility index (Phi) is 5.94. The first-order valence-electron chi connectivity index (χ1n) is 10.4. The molecular weight excluding hydrogens is 511 g/mol. The van der Waals surface area contributed by atoms with E-state index in [1.54, 1.807) is 6.07 Å². The highest BCUT2D eigenvalue weighted by Gasteiger charge is 2.33. The summed E-state index contributed by atoms with van der Waals surface area (Å²) in [4.78, 5) is 18.5. The van der Waals surface area contributed by atoms with Crippen LogP contribution in [-0.2, 0) is 10.0 Å². The lowest BCUT2D eigenvalue weighted by Crippen LogP contribution is -2.27. The third-order valence-corrected chi connectivity index (χ3v) is 7.30. The number of nitrogens with one attached hydrogen (secondary N) is 1. The molecule has 36 heavy (non-hydrogen) atoms. The van der Waals surface area contributed by atoms with Crippen LogP contribution in [0.25, 0.3) is 22.2 Å². The van der Waals surface area contributed by atoms with Gasteiger partial charge in [0.25, 0.3) is 10.0 Å². The Hall–Kier alpha value is -4.22. The van der Waals surface area contributed by atoms with Gasteiger partial charge in [0, 0.05) is 23.2 Å². The molecule has 0 fully saturated rings. The Morgan fingerprint density at radius 1 is 1.08 bits per heavy atom. The second-order valence-corrected chi connectivity index (χ2v) is 9.75. The van der Waals surface area contributed by atoms with E-state index in [1.165, 1.54) is 74.0 Å². The standard InChI is InChI=1S/C24H16ClFN4O5S/c1-34-24-20(13-18(25)23(28-24)15-3-2-4-16(26)11-15)30(21-9-10-35-29-21)36(32,33)17-6-7-19-14(12-17)5-8-22(31)27-19/h2-13H,1H3,(H,27,31). The molecule has 0 aliphatic carbocycles. The minimum absolute atomic E-state index is 0.0434. The fourth-order valence-electron chi connectivity index (χ4n) is 3.68. The zero-order chi connectivity index (χ0) is 25.4. The third kappa shape index (κ3) is 4.18. The summed E-state index contributed by atoms with van der Waals surface area (Å²) in [7, 11) is -3.02. The molecule has 1 N–H and O–H groups in total. The Morgan fingerprint density at radius 3 is 2.64 bits per heavy atom. The third-order valence-electron chi connectivity index (χ3n) is 5.30. The number of ether oxygens (including phenoxy) is 1. The van der Waals surface area contributed by atoms with Crippen molar-refractivity contribution in [3.63, 3.8) is 0 Å². The van der Waals surface area contributed by atoms with Crippen molar-refractivity contribution in [1.29, 1.82) is 0 Å². The second-order valence-electron chi connectivity index (χ2n) is 7.56. The number of hydrogen-bond donors (Lipinski definition) is 1. The minimum atomic E-state index is -4.33. The number of nitrogens with zero attached hydrogens (tertiary/aromatic N) is 3. The predicted molar refractivity (Wildman–Crippen MR) is 132 cm³/mol. The molecule has 5 rings (SSSR count). The quantitative estimate of drug-likeness (QED) is 0.334. The summed E-state index contributed by atoms with van der Waals surface area (Å²) < 4.78 is 52.9. The number of H-pyrrole nitrogens is 1. The number of hydrogen-bond acceptors (Lipinski definition) is 7. The van der Waals surface area contributed by atoms with E-state index in [9.17, 15) is 17.6 Å². The zero-order valence-corrected chi connectivity index (χ0v) is 20.0. The molecule has 9 nitrogen and oxygen atoms in total. The van der Waals surface area contributed by atoms with Crippen LogP contribution in [0.5, 0.6) is 5.88 Å². The summed E-state index contributed by atoms with van der Waals surface area (Å²) in [6.45, 7) is 0. The highest BCUT2D eigenvalue weighted by molar-refractivity contribution is 7.93. The Morgan fingerprint density at radius 2 is 1.92 bits per heavy atom. The van der Waals surface area contributed by atoms with Crippen molar-refractivity contribution in [3.05, 3.63) is 94.2 Å². The van der Waals surface area contributed by atoms with Gasteiger partial charge in [-0.05, 0) is 47.9 Å². The summed E-state index contributed by atoms with van der Waals surface area (Å²) in [5.74, 6) is -0.667. The molecule has 0 unspecified atom stereocenters. The maximum atomic E-state index is 13.9. The van der Waals surface area contributed by atoms with Gasteiger partial charge in [-0.25, -0.2) is 22.1 Å². The van der Waals surface area contributed by atoms with Crippen LogP contribution in [0, 0.1) is 5.82 Å². The van der Waals surface area contributed by atoms with Crippen LogP contribution in [0.1, 0.15) is 0 Å². The van der Waals surface area contributed by atoms with E-state index in [0.717, 1.165) is 4.31 Å². The molecule has 3 aromatic heterocycles. The van der Waals surface area contributed by atoms with Gasteiger partial charge in [-0.1, -0.05) is 28.9 Å². The molecule has 0 aliphatic heterocycles. The van der Waals surface area contributed by atoms with E-state index in [0.29, 0.717) is 16.5 Å².